The topological polar surface area (TPSA) is 26.3 Å². The van der Waals surface area contributed by atoms with Crippen LogP contribution < -0.4 is 0 Å². The Kier molecular flexibility index (Phi) is 2.58. The summed E-state index contributed by atoms with van der Waals surface area (Å²) in [6, 6.07) is 0. The fraction of sp³-hybridized carbons (Fsp3) is 0.929. The van der Waals surface area contributed by atoms with Crippen LogP contribution in [0.15, 0.2) is 0 Å². The molecule has 0 aromatic rings. The van der Waals surface area contributed by atoms with Crippen LogP contribution in [0.3, 0.4) is 0 Å². The summed E-state index contributed by atoms with van der Waals surface area (Å²) in [5.74, 6) is 3.06. The highest BCUT2D eigenvalue weighted by molar-refractivity contribution is 5.75. The van der Waals surface area contributed by atoms with E-state index >= 15 is 0 Å². The van der Waals surface area contributed by atoms with Crippen molar-refractivity contribution in [2.75, 3.05) is 6.61 Å². The standard InChI is InChI=1S/C14H22O2/c1-10(15)2-3-16-14-7-11-4-12(8-14)6-13(5-11)9-14/h11-13H,2-9H2,1H3. The zero-order valence-electron chi connectivity index (χ0n) is 10.2. The summed E-state index contributed by atoms with van der Waals surface area (Å²) in [6.07, 6.45) is 8.78. The van der Waals surface area contributed by atoms with Crippen molar-refractivity contribution in [2.45, 2.75) is 57.5 Å². The molecule has 4 bridgehead atoms. The molecule has 4 rings (SSSR count). The van der Waals surface area contributed by atoms with Gasteiger partial charge in [0.1, 0.15) is 5.78 Å². The molecule has 4 aliphatic carbocycles. The van der Waals surface area contributed by atoms with Gasteiger partial charge < -0.3 is 4.74 Å². The monoisotopic (exact) mass is 222 g/mol. The second-order valence-electron chi connectivity index (χ2n) is 6.40. The Labute approximate surface area is 97.7 Å². The van der Waals surface area contributed by atoms with Gasteiger partial charge in [-0.3, -0.25) is 4.79 Å². The maximum Gasteiger partial charge on any atom is 0.132 e. The van der Waals surface area contributed by atoms with Gasteiger partial charge >= 0.3 is 0 Å². The first-order valence-electron chi connectivity index (χ1n) is 6.79. The van der Waals surface area contributed by atoms with E-state index in [9.17, 15) is 4.79 Å². The lowest BCUT2D eigenvalue weighted by Gasteiger charge is -2.56. The molecule has 2 nitrogen and oxygen atoms in total. The molecule has 2 heteroatoms. The average Bonchev–Trinajstić information content (AvgIpc) is 2.13. The van der Waals surface area contributed by atoms with Gasteiger partial charge in [0.05, 0.1) is 12.2 Å². The molecule has 90 valence electrons. The van der Waals surface area contributed by atoms with Crippen molar-refractivity contribution in [3.63, 3.8) is 0 Å². The summed E-state index contributed by atoms with van der Waals surface area (Å²) < 4.78 is 6.13. The third kappa shape index (κ3) is 1.92. The highest BCUT2D eigenvalue weighted by Crippen LogP contribution is 2.57. The first-order valence-corrected chi connectivity index (χ1v) is 6.79. The van der Waals surface area contributed by atoms with Gasteiger partial charge in [-0.2, -0.15) is 0 Å². The van der Waals surface area contributed by atoms with Gasteiger partial charge in [0.2, 0.25) is 0 Å². The van der Waals surface area contributed by atoms with Crippen LogP contribution in [0.25, 0.3) is 0 Å². The van der Waals surface area contributed by atoms with Gasteiger partial charge in [-0.05, 0) is 63.2 Å². The van der Waals surface area contributed by atoms with Crippen molar-refractivity contribution in [1.82, 2.24) is 0 Å². The summed E-state index contributed by atoms with van der Waals surface area (Å²) in [5.41, 5.74) is 0.185. The van der Waals surface area contributed by atoms with Gasteiger partial charge in [0.25, 0.3) is 0 Å². The summed E-state index contributed by atoms with van der Waals surface area (Å²) in [5, 5.41) is 0. The van der Waals surface area contributed by atoms with Gasteiger partial charge in [0.15, 0.2) is 0 Å². The van der Waals surface area contributed by atoms with Gasteiger partial charge in [-0.1, -0.05) is 0 Å². The fourth-order valence-corrected chi connectivity index (χ4v) is 4.62. The highest BCUT2D eigenvalue weighted by atomic mass is 16.5. The molecular formula is C14H22O2. The normalized spacial score (nSPS) is 44.9. The predicted octanol–water partition coefficient (Wildman–Crippen LogP) is 2.95. The van der Waals surface area contributed by atoms with E-state index in [0.717, 1.165) is 17.8 Å². The molecule has 4 aliphatic rings. The summed E-state index contributed by atoms with van der Waals surface area (Å²) in [4.78, 5) is 10.9. The Balaban J connectivity index is 1.62. The number of rotatable bonds is 4. The van der Waals surface area contributed by atoms with Crippen LogP contribution in [0.4, 0.5) is 0 Å². The predicted molar refractivity (Wildman–Crippen MR) is 62.2 cm³/mol. The van der Waals surface area contributed by atoms with Crippen LogP contribution in [-0.4, -0.2) is 18.0 Å². The number of carbonyl (C=O) groups excluding carboxylic acids is 1. The smallest absolute Gasteiger partial charge is 0.132 e. The van der Waals surface area contributed by atoms with E-state index in [0.29, 0.717) is 13.0 Å². The average molecular weight is 222 g/mol. The Morgan fingerprint density at radius 3 is 2.06 bits per heavy atom. The molecule has 0 unspecified atom stereocenters. The number of carbonyl (C=O) groups is 1. The van der Waals surface area contributed by atoms with E-state index in [1.54, 1.807) is 6.92 Å². The summed E-state index contributed by atoms with van der Waals surface area (Å²) >= 11 is 0. The van der Waals surface area contributed by atoms with Crippen molar-refractivity contribution in [2.24, 2.45) is 17.8 Å². The second-order valence-corrected chi connectivity index (χ2v) is 6.40. The second kappa shape index (κ2) is 3.83. The molecule has 0 aliphatic heterocycles. The molecule has 0 amide bonds. The lowest BCUT2D eigenvalue weighted by Crippen LogP contribution is -2.52. The molecule has 0 N–H and O–H groups in total. The van der Waals surface area contributed by atoms with Crippen LogP contribution in [0, 0.1) is 17.8 Å². The van der Waals surface area contributed by atoms with E-state index < -0.39 is 0 Å². The van der Waals surface area contributed by atoms with Gasteiger partial charge in [0, 0.05) is 6.42 Å². The zero-order valence-corrected chi connectivity index (χ0v) is 10.2. The minimum atomic E-state index is 0.185. The number of hydrogen-bond donors (Lipinski definition) is 0. The molecule has 0 atom stereocenters. The zero-order chi connectivity index (χ0) is 11.2. The Bertz CT molecular complexity index is 260. The minimum Gasteiger partial charge on any atom is -0.375 e. The number of ether oxygens (including phenoxy) is 1. The first kappa shape index (κ1) is 10.8. The fourth-order valence-electron chi connectivity index (χ4n) is 4.62. The number of hydrogen-bond acceptors (Lipinski definition) is 2. The maximum atomic E-state index is 10.9. The van der Waals surface area contributed by atoms with Crippen molar-refractivity contribution >= 4 is 5.78 Å². The molecule has 0 aromatic heterocycles. The van der Waals surface area contributed by atoms with E-state index in [1.165, 1.54) is 38.5 Å². The highest BCUT2D eigenvalue weighted by Gasteiger charge is 2.51. The molecule has 0 saturated heterocycles. The quantitative estimate of drug-likeness (QED) is 0.731. The molecule has 16 heavy (non-hydrogen) atoms. The Hall–Kier alpha value is -0.370. The lowest BCUT2D eigenvalue weighted by atomic mass is 9.54. The van der Waals surface area contributed by atoms with Crippen LogP contribution in [0.1, 0.15) is 51.9 Å². The Morgan fingerprint density at radius 1 is 1.12 bits per heavy atom. The van der Waals surface area contributed by atoms with Crippen LogP contribution in [0.5, 0.6) is 0 Å². The van der Waals surface area contributed by atoms with Crippen LogP contribution >= 0.6 is 0 Å². The summed E-state index contributed by atoms with van der Waals surface area (Å²) in [7, 11) is 0. The molecule has 0 aromatic carbocycles. The largest absolute Gasteiger partial charge is 0.375 e. The first-order chi connectivity index (χ1) is 7.65. The molecule has 0 radical (unpaired) electrons. The maximum absolute atomic E-state index is 10.9. The Morgan fingerprint density at radius 2 is 1.62 bits per heavy atom. The van der Waals surface area contributed by atoms with Crippen LogP contribution in [-0.2, 0) is 9.53 Å². The molecule has 0 spiro atoms. The third-order valence-electron chi connectivity index (χ3n) is 4.84. The molecule has 4 saturated carbocycles. The lowest BCUT2D eigenvalue weighted by molar-refractivity contribution is -0.163. The summed E-state index contributed by atoms with van der Waals surface area (Å²) in [6.45, 7) is 2.31. The van der Waals surface area contributed by atoms with E-state index in [2.05, 4.69) is 0 Å². The van der Waals surface area contributed by atoms with E-state index in [-0.39, 0.29) is 11.4 Å². The van der Waals surface area contributed by atoms with Crippen molar-refractivity contribution in [3.05, 3.63) is 0 Å². The van der Waals surface area contributed by atoms with E-state index in [1.807, 2.05) is 0 Å². The van der Waals surface area contributed by atoms with Gasteiger partial charge in [-0.15, -0.1) is 0 Å². The minimum absolute atomic E-state index is 0.185. The molecule has 0 heterocycles. The molecule has 4 fully saturated rings. The van der Waals surface area contributed by atoms with Crippen molar-refractivity contribution in [3.8, 4) is 0 Å². The molecular weight excluding hydrogens is 200 g/mol. The SMILES string of the molecule is CC(=O)CCOC12CC3CC(CC(C3)C1)C2. The number of Topliss-reactive ketones (excluding diaryl/α,β-unsaturated/α-hetero) is 1. The number of ketones is 1. The van der Waals surface area contributed by atoms with Gasteiger partial charge in [-0.25, -0.2) is 0 Å². The van der Waals surface area contributed by atoms with Crippen molar-refractivity contribution < 1.29 is 9.53 Å². The van der Waals surface area contributed by atoms with E-state index in [4.69, 9.17) is 4.74 Å². The third-order valence-corrected chi connectivity index (χ3v) is 4.84. The van der Waals surface area contributed by atoms with Crippen molar-refractivity contribution in [1.29, 1.82) is 0 Å². The van der Waals surface area contributed by atoms with Crippen LogP contribution in [0.2, 0.25) is 0 Å².